The van der Waals surface area contributed by atoms with E-state index >= 15 is 0 Å². The van der Waals surface area contributed by atoms with Crippen molar-refractivity contribution >= 4 is 11.6 Å². The van der Waals surface area contributed by atoms with Crippen molar-refractivity contribution in [2.45, 2.75) is 39.7 Å². The molecule has 1 aliphatic heterocycles. The van der Waals surface area contributed by atoms with Crippen LogP contribution in [0.3, 0.4) is 0 Å². The summed E-state index contributed by atoms with van der Waals surface area (Å²) in [5.41, 5.74) is 4.70. The van der Waals surface area contributed by atoms with Crippen molar-refractivity contribution < 1.29 is 4.79 Å². The summed E-state index contributed by atoms with van der Waals surface area (Å²) in [6.45, 7) is 8.07. The van der Waals surface area contributed by atoms with E-state index < -0.39 is 0 Å². The predicted molar refractivity (Wildman–Crippen MR) is 92.0 cm³/mol. The SMILES string of the molecule is Cc1cc(C)c(NC(=O)c2ccn(C3CCCNC3)n2)c(C)c1. The van der Waals surface area contributed by atoms with Gasteiger partial charge in [0.25, 0.3) is 5.91 Å². The molecule has 2 N–H and O–H groups in total. The van der Waals surface area contributed by atoms with E-state index in [9.17, 15) is 4.79 Å². The summed E-state index contributed by atoms with van der Waals surface area (Å²) in [5.74, 6) is -0.150. The maximum atomic E-state index is 12.5. The standard InChI is InChI=1S/C18H24N4O/c1-12-9-13(2)17(14(3)10-12)20-18(23)16-6-8-22(21-16)15-5-4-7-19-11-15/h6,8-10,15,19H,4-5,7,11H2,1-3H3,(H,20,23). The first-order valence-corrected chi connectivity index (χ1v) is 8.19. The summed E-state index contributed by atoms with van der Waals surface area (Å²) in [7, 11) is 0. The zero-order chi connectivity index (χ0) is 16.4. The molecule has 1 aromatic heterocycles. The van der Waals surface area contributed by atoms with Gasteiger partial charge in [-0.25, -0.2) is 0 Å². The van der Waals surface area contributed by atoms with Gasteiger partial charge in [-0.3, -0.25) is 9.48 Å². The highest BCUT2D eigenvalue weighted by Gasteiger charge is 2.18. The van der Waals surface area contributed by atoms with Crippen LogP contribution in [0.1, 0.15) is 46.1 Å². The Morgan fingerprint density at radius 2 is 2.04 bits per heavy atom. The molecular weight excluding hydrogens is 288 g/mol. The molecule has 23 heavy (non-hydrogen) atoms. The van der Waals surface area contributed by atoms with Crippen molar-refractivity contribution in [2.24, 2.45) is 0 Å². The van der Waals surface area contributed by atoms with Crippen LogP contribution in [0.2, 0.25) is 0 Å². The van der Waals surface area contributed by atoms with E-state index in [1.807, 2.05) is 24.7 Å². The average molecular weight is 312 g/mol. The zero-order valence-electron chi connectivity index (χ0n) is 14.0. The quantitative estimate of drug-likeness (QED) is 0.916. The number of benzene rings is 1. The Kier molecular flexibility index (Phi) is 4.48. The van der Waals surface area contributed by atoms with Gasteiger partial charge in [0.05, 0.1) is 6.04 Å². The lowest BCUT2D eigenvalue weighted by Gasteiger charge is -2.22. The summed E-state index contributed by atoms with van der Waals surface area (Å²) < 4.78 is 1.91. The van der Waals surface area contributed by atoms with Crippen LogP contribution < -0.4 is 10.6 Å². The highest BCUT2D eigenvalue weighted by Crippen LogP contribution is 2.23. The number of anilines is 1. The lowest BCUT2D eigenvalue weighted by Crippen LogP contribution is -2.32. The topological polar surface area (TPSA) is 59.0 Å². The number of aromatic nitrogens is 2. The molecule has 0 aliphatic carbocycles. The Labute approximate surface area is 137 Å². The van der Waals surface area contributed by atoms with Crippen molar-refractivity contribution in [3.63, 3.8) is 0 Å². The zero-order valence-corrected chi connectivity index (χ0v) is 14.0. The van der Waals surface area contributed by atoms with Gasteiger partial charge in [0, 0.05) is 18.4 Å². The minimum absolute atomic E-state index is 0.150. The predicted octanol–water partition coefficient (Wildman–Crippen LogP) is 2.99. The molecule has 2 aromatic rings. The van der Waals surface area contributed by atoms with Gasteiger partial charge in [0.1, 0.15) is 0 Å². The number of carbonyl (C=O) groups is 1. The monoisotopic (exact) mass is 312 g/mol. The number of aryl methyl sites for hydroxylation is 3. The van der Waals surface area contributed by atoms with E-state index in [2.05, 4.69) is 34.8 Å². The summed E-state index contributed by atoms with van der Waals surface area (Å²) >= 11 is 0. The minimum atomic E-state index is -0.150. The highest BCUT2D eigenvalue weighted by atomic mass is 16.2. The summed E-state index contributed by atoms with van der Waals surface area (Å²) in [6, 6.07) is 6.29. The third-order valence-corrected chi connectivity index (χ3v) is 4.40. The molecule has 1 atom stereocenters. The maximum Gasteiger partial charge on any atom is 0.276 e. The van der Waals surface area contributed by atoms with Gasteiger partial charge in [-0.2, -0.15) is 5.10 Å². The molecule has 1 fully saturated rings. The largest absolute Gasteiger partial charge is 0.320 e. The second-order valence-electron chi connectivity index (χ2n) is 6.41. The van der Waals surface area contributed by atoms with Crippen molar-refractivity contribution in [2.75, 3.05) is 18.4 Å². The Balaban J connectivity index is 1.75. The number of carbonyl (C=O) groups excluding carboxylic acids is 1. The molecule has 0 saturated carbocycles. The summed E-state index contributed by atoms with van der Waals surface area (Å²) in [6.07, 6.45) is 4.15. The fourth-order valence-corrected chi connectivity index (χ4v) is 3.28. The van der Waals surface area contributed by atoms with Crippen molar-refractivity contribution in [3.05, 3.63) is 46.8 Å². The fourth-order valence-electron chi connectivity index (χ4n) is 3.28. The van der Waals surface area contributed by atoms with Crippen molar-refractivity contribution in [1.29, 1.82) is 0 Å². The summed E-state index contributed by atoms with van der Waals surface area (Å²) in [5, 5.41) is 10.8. The Bertz CT molecular complexity index is 691. The van der Waals surface area contributed by atoms with E-state index in [0.717, 1.165) is 42.7 Å². The van der Waals surface area contributed by atoms with E-state index in [1.165, 1.54) is 5.56 Å². The molecule has 0 bridgehead atoms. The molecule has 5 nitrogen and oxygen atoms in total. The molecular formula is C18H24N4O. The van der Waals surface area contributed by atoms with Crippen molar-refractivity contribution in [1.82, 2.24) is 15.1 Å². The van der Waals surface area contributed by atoms with Gasteiger partial charge < -0.3 is 10.6 Å². The number of hydrogen-bond acceptors (Lipinski definition) is 3. The van der Waals surface area contributed by atoms with E-state index in [1.54, 1.807) is 6.07 Å². The van der Waals surface area contributed by atoms with Crippen LogP contribution >= 0.6 is 0 Å². The molecule has 0 spiro atoms. The maximum absolute atomic E-state index is 12.5. The number of rotatable bonds is 3. The Morgan fingerprint density at radius 3 is 2.70 bits per heavy atom. The Morgan fingerprint density at radius 1 is 1.30 bits per heavy atom. The molecule has 1 aliphatic rings. The highest BCUT2D eigenvalue weighted by molar-refractivity contribution is 6.03. The molecule has 122 valence electrons. The second kappa shape index (κ2) is 6.54. The van der Waals surface area contributed by atoms with Gasteiger partial charge in [0.15, 0.2) is 5.69 Å². The molecule has 1 aromatic carbocycles. The third-order valence-electron chi connectivity index (χ3n) is 4.40. The second-order valence-corrected chi connectivity index (χ2v) is 6.41. The molecule has 0 radical (unpaired) electrons. The summed E-state index contributed by atoms with van der Waals surface area (Å²) in [4.78, 5) is 12.5. The van der Waals surface area contributed by atoms with E-state index in [-0.39, 0.29) is 5.91 Å². The van der Waals surface area contributed by atoms with E-state index in [0.29, 0.717) is 11.7 Å². The fraction of sp³-hybridized carbons (Fsp3) is 0.444. The number of nitrogens with zero attached hydrogens (tertiary/aromatic N) is 2. The first-order valence-electron chi connectivity index (χ1n) is 8.19. The van der Waals surface area contributed by atoms with Crippen LogP contribution in [-0.2, 0) is 0 Å². The molecule has 1 saturated heterocycles. The van der Waals surface area contributed by atoms with Gasteiger partial charge in [0.2, 0.25) is 0 Å². The van der Waals surface area contributed by atoms with Crippen LogP contribution in [0.5, 0.6) is 0 Å². The number of amides is 1. The van der Waals surface area contributed by atoms with Crippen LogP contribution in [0.15, 0.2) is 24.4 Å². The molecule has 2 heterocycles. The number of piperidine rings is 1. The molecule has 5 heteroatoms. The van der Waals surface area contributed by atoms with Crippen LogP contribution in [-0.4, -0.2) is 28.8 Å². The van der Waals surface area contributed by atoms with Gasteiger partial charge in [-0.05, 0) is 57.4 Å². The van der Waals surface area contributed by atoms with Crippen LogP contribution in [0.25, 0.3) is 0 Å². The van der Waals surface area contributed by atoms with Crippen LogP contribution in [0.4, 0.5) is 5.69 Å². The lowest BCUT2D eigenvalue weighted by atomic mass is 10.1. The van der Waals surface area contributed by atoms with E-state index in [4.69, 9.17) is 0 Å². The smallest absolute Gasteiger partial charge is 0.276 e. The lowest BCUT2D eigenvalue weighted by molar-refractivity contribution is 0.102. The van der Waals surface area contributed by atoms with Gasteiger partial charge >= 0.3 is 0 Å². The first-order chi connectivity index (χ1) is 11.0. The molecule has 3 rings (SSSR count). The van der Waals surface area contributed by atoms with Crippen molar-refractivity contribution in [3.8, 4) is 0 Å². The third kappa shape index (κ3) is 3.45. The normalized spacial score (nSPS) is 18.0. The Hall–Kier alpha value is -2.14. The first kappa shape index (κ1) is 15.7. The molecule has 1 unspecified atom stereocenters. The number of hydrogen-bond donors (Lipinski definition) is 2. The van der Waals surface area contributed by atoms with Gasteiger partial charge in [-0.15, -0.1) is 0 Å². The molecule has 1 amide bonds. The van der Waals surface area contributed by atoms with Gasteiger partial charge in [-0.1, -0.05) is 17.7 Å². The minimum Gasteiger partial charge on any atom is -0.320 e. The number of nitrogens with one attached hydrogen (secondary N) is 2. The van der Waals surface area contributed by atoms with Crippen LogP contribution in [0, 0.1) is 20.8 Å². The average Bonchev–Trinajstić information content (AvgIpc) is 3.01.